The molecule has 1 aromatic carbocycles. The van der Waals surface area contributed by atoms with Gasteiger partial charge in [0.2, 0.25) is 0 Å². The first-order valence-electron chi connectivity index (χ1n) is 10.6. The van der Waals surface area contributed by atoms with Gasteiger partial charge >= 0.3 is 12.1 Å². The SMILES string of the molecule is CN=C(C=C(N)c1ccc(S(=O)(=O)n2cc(CCC(=O)O)c3cc(OC(C)C)ccc32)s1)C(F)(F)F. The summed E-state index contributed by atoms with van der Waals surface area (Å²) < 4.78 is 72.6. The number of thiophene rings is 1. The fourth-order valence-electron chi connectivity index (χ4n) is 3.43. The number of aliphatic carboxylic acids is 1. The van der Waals surface area contributed by atoms with Crippen LogP contribution in [-0.4, -0.2) is 48.5 Å². The lowest BCUT2D eigenvalue weighted by molar-refractivity contribution is -0.136. The van der Waals surface area contributed by atoms with Crippen molar-refractivity contribution >= 4 is 49.6 Å². The topological polar surface area (TPSA) is 124 Å². The lowest BCUT2D eigenvalue weighted by Crippen LogP contribution is -2.21. The summed E-state index contributed by atoms with van der Waals surface area (Å²) in [4.78, 5) is 14.4. The predicted molar refractivity (Wildman–Crippen MR) is 132 cm³/mol. The van der Waals surface area contributed by atoms with Crippen molar-refractivity contribution in [2.24, 2.45) is 10.7 Å². The van der Waals surface area contributed by atoms with Crippen LogP contribution in [0.25, 0.3) is 16.6 Å². The Kier molecular flexibility index (Phi) is 7.84. The largest absolute Gasteiger partial charge is 0.491 e. The second-order valence-electron chi connectivity index (χ2n) is 8.02. The highest BCUT2D eigenvalue weighted by molar-refractivity contribution is 7.92. The molecule has 2 heterocycles. The summed E-state index contributed by atoms with van der Waals surface area (Å²) in [6.45, 7) is 3.67. The summed E-state index contributed by atoms with van der Waals surface area (Å²) in [7, 11) is -3.20. The predicted octanol–water partition coefficient (Wildman–Crippen LogP) is 4.68. The van der Waals surface area contributed by atoms with Crippen LogP contribution in [0.1, 0.15) is 30.7 Å². The van der Waals surface area contributed by atoms with Gasteiger partial charge in [0.15, 0.2) is 0 Å². The molecule has 13 heteroatoms. The zero-order valence-electron chi connectivity index (χ0n) is 19.5. The van der Waals surface area contributed by atoms with Gasteiger partial charge in [-0.25, -0.2) is 3.97 Å². The molecule has 0 aliphatic carbocycles. The molecule has 3 aromatic rings. The molecule has 0 amide bonds. The van der Waals surface area contributed by atoms with E-state index in [1.807, 2.05) is 13.8 Å². The maximum atomic E-state index is 13.5. The number of rotatable bonds is 9. The van der Waals surface area contributed by atoms with Crippen LogP contribution in [-0.2, 0) is 21.2 Å². The first-order chi connectivity index (χ1) is 16.7. The Morgan fingerprint density at radius 2 is 1.97 bits per heavy atom. The third-order valence-electron chi connectivity index (χ3n) is 5.01. The van der Waals surface area contributed by atoms with Crippen molar-refractivity contribution in [2.75, 3.05) is 7.05 Å². The van der Waals surface area contributed by atoms with Crippen molar-refractivity contribution in [1.82, 2.24) is 3.97 Å². The van der Waals surface area contributed by atoms with E-state index in [4.69, 9.17) is 15.6 Å². The molecule has 8 nitrogen and oxygen atoms in total. The maximum Gasteiger partial charge on any atom is 0.432 e. The van der Waals surface area contributed by atoms with E-state index in [0.29, 0.717) is 39.6 Å². The minimum absolute atomic E-state index is 0.0848. The van der Waals surface area contributed by atoms with Crippen LogP contribution in [0.5, 0.6) is 5.75 Å². The molecule has 0 saturated carbocycles. The number of nitrogens with zero attached hydrogens (tertiary/aromatic N) is 2. The highest BCUT2D eigenvalue weighted by Gasteiger charge is 2.34. The van der Waals surface area contributed by atoms with Gasteiger partial charge in [-0.1, -0.05) is 0 Å². The molecule has 194 valence electrons. The van der Waals surface area contributed by atoms with Crippen LogP contribution in [0.4, 0.5) is 13.2 Å². The van der Waals surface area contributed by atoms with Gasteiger partial charge < -0.3 is 15.6 Å². The number of ether oxygens (including phenoxy) is 1. The maximum absolute atomic E-state index is 13.5. The standard InChI is InChI=1S/C23H24F3N3O5S2/c1-13(2)34-15-5-6-18-16(10-15)14(4-8-21(30)31)12-29(18)36(32,33)22-9-7-19(35-22)17(27)11-20(28-3)23(24,25)26/h5-7,9-13H,4,8,27H2,1-3H3,(H,30,31). The number of benzene rings is 1. The number of carboxylic acids is 1. The van der Waals surface area contributed by atoms with E-state index in [-0.39, 0.29) is 33.7 Å². The number of carboxylic acid groups (broad SMARTS) is 1. The number of halogens is 3. The van der Waals surface area contributed by atoms with Gasteiger partial charge in [0.1, 0.15) is 15.7 Å². The number of alkyl halides is 3. The van der Waals surface area contributed by atoms with Crippen molar-refractivity contribution in [3.05, 3.63) is 53.0 Å². The van der Waals surface area contributed by atoms with Gasteiger partial charge in [-0.05, 0) is 62.2 Å². The molecule has 0 unspecified atom stereocenters. The molecule has 36 heavy (non-hydrogen) atoms. The van der Waals surface area contributed by atoms with Gasteiger partial charge in [-0.15, -0.1) is 11.3 Å². The molecule has 0 fully saturated rings. The monoisotopic (exact) mass is 543 g/mol. The fourth-order valence-corrected chi connectivity index (χ4v) is 6.15. The number of hydrogen-bond donors (Lipinski definition) is 2. The molecule has 0 spiro atoms. The Bertz CT molecular complexity index is 1450. The second kappa shape index (κ2) is 10.3. The molecule has 0 aliphatic rings. The first-order valence-corrected chi connectivity index (χ1v) is 12.9. The third kappa shape index (κ3) is 5.90. The smallest absolute Gasteiger partial charge is 0.432 e. The minimum atomic E-state index is -4.71. The molecule has 2 aromatic heterocycles. The molecule has 3 rings (SSSR count). The van der Waals surface area contributed by atoms with E-state index in [1.165, 1.54) is 18.3 Å². The van der Waals surface area contributed by atoms with Crippen LogP contribution in [0.3, 0.4) is 0 Å². The van der Waals surface area contributed by atoms with Crippen molar-refractivity contribution in [3.8, 4) is 5.75 Å². The van der Waals surface area contributed by atoms with E-state index >= 15 is 0 Å². The number of nitrogens with two attached hydrogens (primary N) is 1. The van der Waals surface area contributed by atoms with Gasteiger partial charge in [-0.2, -0.15) is 21.6 Å². The number of hydrogen-bond acceptors (Lipinski definition) is 7. The Labute approximate surface area is 209 Å². The Balaban J connectivity index is 2.07. The number of aryl methyl sites for hydroxylation is 1. The average molecular weight is 544 g/mol. The average Bonchev–Trinajstić information content (AvgIpc) is 3.40. The van der Waals surface area contributed by atoms with E-state index in [9.17, 15) is 26.4 Å². The lowest BCUT2D eigenvalue weighted by Gasteiger charge is -2.10. The quantitative estimate of drug-likeness (QED) is 0.378. The van der Waals surface area contributed by atoms with Crippen LogP contribution in [0.2, 0.25) is 0 Å². The highest BCUT2D eigenvalue weighted by Crippen LogP contribution is 2.33. The zero-order chi connectivity index (χ0) is 26.8. The normalized spacial score (nSPS) is 13.5. The summed E-state index contributed by atoms with van der Waals surface area (Å²) in [6.07, 6.45) is -2.96. The van der Waals surface area contributed by atoms with Gasteiger partial charge in [-0.3, -0.25) is 9.79 Å². The molecule has 0 radical (unpaired) electrons. The van der Waals surface area contributed by atoms with E-state index < -0.39 is 27.9 Å². The molecule has 0 atom stereocenters. The van der Waals surface area contributed by atoms with Crippen molar-refractivity contribution in [3.63, 3.8) is 0 Å². The fraction of sp³-hybridized carbons (Fsp3) is 0.304. The summed E-state index contributed by atoms with van der Waals surface area (Å²) in [5, 5.41) is 9.62. The molecule has 3 N–H and O–H groups in total. The summed E-state index contributed by atoms with van der Waals surface area (Å²) in [5.74, 6) is -0.536. The Morgan fingerprint density at radius 3 is 2.56 bits per heavy atom. The van der Waals surface area contributed by atoms with E-state index in [0.717, 1.165) is 11.0 Å². The number of allylic oxidation sites excluding steroid dienone is 1. The van der Waals surface area contributed by atoms with Crippen molar-refractivity contribution in [2.45, 2.75) is 43.2 Å². The number of carbonyl (C=O) groups is 1. The van der Waals surface area contributed by atoms with Crippen LogP contribution in [0.15, 0.2) is 51.8 Å². The number of fused-ring (bicyclic) bond motifs is 1. The summed E-state index contributed by atoms with van der Waals surface area (Å²) >= 11 is 0.710. The summed E-state index contributed by atoms with van der Waals surface area (Å²) in [6, 6.07) is 7.40. The van der Waals surface area contributed by atoms with Crippen molar-refractivity contribution < 1.29 is 36.2 Å². The molecule has 0 aliphatic heterocycles. The Morgan fingerprint density at radius 1 is 1.28 bits per heavy atom. The van der Waals surface area contributed by atoms with E-state index in [2.05, 4.69) is 4.99 Å². The number of aliphatic imine (C=N–C) groups is 1. The molecular weight excluding hydrogens is 519 g/mol. The summed E-state index contributed by atoms with van der Waals surface area (Å²) in [5.41, 5.74) is 5.12. The highest BCUT2D eigenvalue weighted by atomic mass is 32.2. The van der Waals surface area contributed by atoms with Crippen LogP contribution < -0.4 is 10.5 Å². The van der Waals surface area contributed by atoms with Gasteiger partial charge in [0.05, 0.1) is 22.2 Å². The van der Waals surface area contributed by atoms with Gasteiger partial charge in [0, 0.05) is 25.1 Å². The molecule has 0 saturated heterocycles. The third-order valence-corrected chi connectivity index (χ3v) is 8.28. The van der Waals surface area contributed by atoms with Crippen molar-refractivity contribution in [1.29, 1.82) is 0 Å². The van der Waals surface area contributed by atoms with Crippen LogP contribution >= 0.6 is 11.3 Å². The second-order valence-corrected chi connectivity index (χ2v) is 11.1. The van der Waals surface area contributed by atoms with Gasteiger partial charge in [0.25, 0.3) is 10.0 Å². The Hall–Kier alpha value is -3.32. The van der Waals surface area contributed by atoms with Crippen LogP contribution in [0, 0.1) is 0 Å². The van der Waals surface area contributed by atoms with E-state index in [1.54, 1.807) is 18.2 Å². The lowest BCUT2D eigenvalue weighted by atomic mass is 10.1. The minimum Gasteiger partial charge on any atom is -0.491 e. The zero-order valence-corrected chi connectivity index (χ0v) is 21.2. The molecular formula is C23H24F3N3O5S2. The molecule has 0 bridgehead atoms. The number of aromatic nitrogens is 1. The first kappa shape index (κ1) is 27.3.